The van der Waals surface area contributed by atoms with Crippen molar-refractivity contribution in [3.8, 4) is 0 Å². The highest BCUT2D eigenvalue weighted by atomic mass is 35.5. The van der Waals surface area contributed by atoms with Gasteiger partial charge in [-0.05, 0) is 38.1 Å². The van der Waals surface area contributed by atoms with Crippen LogP contribution in [0.15, 0.2) is 24.3 Å². The van der Waals surface area contributed by atoms with Crippen LogP contribution < -0.4 is 0 Å². The van der Waals surface area contributed by atoms with Gasteiger partial charge in [-0.1, -0.05) is 23.2 Å². The maximum atomic E-state index is 5.55. The van der Waals surface area contributed by atoms with E-state index in [9.17, 15) is 0 Å². The van der Waals surface area contributed by atoms with Crippen LogP contribution in [0.4, 0.5) is 0 Å². The molecule has 0 amide bonds. The zero-order valence-corrected chi connectivity index (χ0v) is 9.40. The van der Waals surface area contributed by atoms with Crippen LogP contribution in [-0.4, -0.2) is 13.2 Å². The van der Waals surface area contributed by atoms with Crippen molar-refractivity contribution < 1.29 is 4.74 Å². The van der Waals surface area contributed by atoms with E-state index in [1.807, 2.05) is 13.8 Å². The summed E-state index contributed by atoms with van der Waals surface area (Å²) in [6, 6.07) is 7.02. The fourth-order valence-electron chi connectivity index (χ4n) is 0.634. The molecular weight excluding hydrogens is 207 g/mol. The molecule has 0 fully saturated rings. The van der Waals surface area contributed by atoms with Gasteiger partial charge in [0, 0.05) is 23.3 Å². The number of hydrogen-bond acceptors (Lipinski definition) is 1. The van der Waals surface area contributed by atoms with Crippen LogP contribution in [0.3, 0.4) is 0 Å². The second-order valence-electron chi connectivity index (χ2n) is 2.22. The zero-order chi connectivity index (χ0) is 10.1. The third-order valence-corrected chi connectivity index (χ3v) is 1.72. The first-order valence-electron chi connectivity index (χ1n) is 4.19. The maximum Gasteiger partial charge on any atom is 0.0437 e. The van der Waals surface area contributed by atoms with Gasteiger partial charge in [0.2, 0.25) is 0 Å². The average molecular weight is 221 g/mol. The molecule has 0 bridgehead atoms. The SMILES string of the molecule is CCOCC.Clc1ccc(Cl)cc1. The highest BCUT2D eigenvalue weighted by molar-refractivity contribution is 6.32. The number of halogens is 2. The van der Waals surface area contributed by atoms with Crippen LogP contribution in [-0.2, 0) is 4.74 Å². The Morgan fingerprint density at radius 1 is 0.923 bits per heavy atom. The van der Waals surface area contributed by atoms with Gasteiger partial charge < -0.3 is 4.74 Å². The molecule has 1 aromatic rings. The summed E-state index contributed by atoms with van der Waals surface area (Å²) in [5.74, 6) is 0. The normalized spacial score (nSPS) is 8.92. The first kappa shape index (κ1) is 12.8. The molecule has 0 unspecified atom stereocenters. The minimum Gasteiger partial charge on any atom is -0.382 e. The van der Waals surface area contributed by atoms with Crippen LogP contribution in [0.25, 0.3) is 0 Å². The Hall–Kier alpha value is -0.240. The van der Waals surface area contributed by atoms with Crippen molar-refractivity contribution in [3.05, 3.63) is 34.3 Å². The fourth-order valence-corrected chi connectivity index (χ4v) is 0.886. The molecule has 1 nitrogen and oxygen atoms in total. The Kier molecular flexibility index (Phi) is 8.21. The van der Waals surface area contributed by atoms with Gasteiger partial charge in [-0.3, -0.25) is 0 Å². The quantitative estimate of drug-likeness (QED) is 0.732. The van der Waals surface area contributed by atoms with Crippen LogP contribution in [0.1, 0.15) is 13.8 Å². The average Bonchev–Trinajstić information content (AvgIpc) is 2.13. The molecule has 0 aromatic heterocycles. The van der Waals surface area contributed by atoms with Crippen molar-refractivity contribution >= 4 is 23.2 Å². The lowest BCUT2D eigenvalue weighted by molar-refractivity contribution is 0.162. The Morgan fingerprint density at radius 2 is 1.23 bits per heavy atom. The predicted octanol–water partition coefficient (Wildman–Crippen LogP) is 4.04. The molecular formula is C10H14Cl2O. The van der Waals surface area contributed by atoms with E-state index in [1.165, 1.54) is 0 Å². The van der Waals surface area contributed by atoms with Gasteiger partial charge in [-0.25, -0.2) is 0 Å². The lowest BCUT2D eigenvalue weighted by atomic mass is 10.4. The molecule has 0 saturated heterocycles. The highest BCUT2D eigenvalue weighted by Gasteiger charge is 1.83. The molecule has 74 valence electrons. The minimum atomic E-state index is 0.717. The van der Waals surface area contributed by atoms with Crippen molar-refractivity contribution in [2.24, 2.45) is 0 Å². The monoisotopic (exact) mass is 220 g/mol. The molecule has 0 aliphatic carbocycles. The van der Waals surface area contributed by atoms with E-state index in [-0.39, 0.29) is 0 Å². The topological polar surface area (TPSA) is 9.23 Å². The lowest BCUT2D eigenvalue weighted by Gasteiger charge is -1.86. The first-order chi connectivity index (χ1) is 6.20. The molecule has 0 aliphatic rings. The second kappa shape index (κ2) is 8.36. The van der Waals surface area contributed by atoms with Crippen molar-refractivity contribution in [3.63, 3.8) is 0 Å². The Labute approximate surface area is 89.6 Å². The predicted molar refractivity (Wildman–Crippen MR) is 58.6 cm³/mol. The van der Waals surface area contributed by atoms with Gasteiger partial charge in [0.15, 0.2) is 0 Å². The van der Waals surface area contributed by atoms with Crippen molar-refractivity contribution in [1.82, 2.24) is 0 Å². The molecule has 0 heterocycles. The number of hydrogen-bond donors (Lipinski definition) is 0. The first-order valence-corrected chi connectivity index (χ1v) is 4.95. The summed E-state index contributed by atoms with van der Waals surface area (Å²) in [7, 11) is 0. The van der Waals surface area contributed by atoms with Crippen molar-refractivity contribution in [2.75, 3.05) is 13.2 Å². The molecule has 0 atom stereocenters. The van der Waals surface area contributed by atoms with E-state index >= 15 is 0 Å². The Morgan fingerprint density at radius 3 is 1.38 bits per heavy atom. The van der Waals surface area contributed by atoms with Gasteiger partial charge in [-0.15, -0.1) is 0 Å². The molecule has 0 aliphatic heterocycles. The zero-order valence-electron chi connectivity index (χ0n) is 7.89. The summed E-state index contributed by atoms with van der Waals surface area (Å²) in [6.45, 7) is 5.67. The van der Waals surface area contributed by atoms with Gasteiger partial charge >= 0.3 is 0 Å². The Balaban J connectivity index is 0.000000252. The minimum absolute atomic E-state index is 0.717. The van der Waals surface area contributed by atoms with E-state index in [4.69, 9.17) is 27.9 Å². The standard InChI is InChI=1S/C6H4Cl2.C4H10O/c7-5-1-2-6(8)4-3-5;1-3-5-4-2/h1-4H;3-4H2,1-2H3. The Bertz CT molecular complexity index is 186. The van der Waals surface area contributed by atoms with Crippen molar-refractivity contribution in [2.45, 2.75) is 13.8 Å². The van der Waals surface area contributed by atoms with E-state index < -0.39 is 0 Å². The van der Waals surface area contributed by atoms with E-state index in [0.29, 0.717) is 0 Å². The van der Waals surface area contributed by atoms with Gasteiger partial charge in [-0.2, -0.15) is 0 Å². The van der Waals surface area contributed by atoms with Gasteiger partial charge in [0.1, 0.15) is 0 Å². The molecule has 0 N–H and O–H groups in total. The van der Waals surface area contributed by atoms with E-state index in [2.05, 4.69) is 0 Å². The molecule has 1 rings (SSSR count). The lowest BCUT2D eigenvalue weighted by Crippen LogP contribution is -1.84. The molecule has 1 aromatic carbocycles. The summed E-state index contributed by atoms with van der Waals surface area (Å²) in [4.78, 5) is 0. The van der Waals surface area contributed by atoms with Gasteiger partial charge in [0.25, 0.3) is 0 Å². The highest BCUT2D eigenvalue weighted by Crippen LogP contribution is 2.12. The molecule has 0 radical (unpaired) electrons. The summed E-state index contributed by atoms with van der Waals surface area (Å²) in [6.07, 6.45) is 0. The number of ether oxygens (including phenoxy) is 1. The summed E-state index contributed by atoms with van der Waals surface area (Å²) in [5, 5.41) is 1.43. The maximum absolute atomic E-state index is 5.55. The fraction of sp³-hybridized carbons (Fsp3) is 0.400. The van der Waals surface area contributed by atoms with Crippen LogP contribution >= 0.6 is 23.2 Å². The number of benzene rings is 1. The van der Waals surface area contributed by atoms with E-state index in [0.717, 1.165) is 23.3 Å². The third kappa shape index (κ3) is 8.10. The van der Waals surface area contributed by atoms with Crippen molar-refractivity contribution in [1.29, 1.82) is 0 Å². The largest absolute Gasteiger partial charge is 0.382 e. The molecule has 0 saturated carbocycles. The summed E-state index contributed by atoms with van der Waals surface area (Å²) >= 11 is 11.1. The molecule has 0 spiro atoms. The van der Waals surface area contributed by atoms with Gasteiger partial charge in [0.05, 0.1) is 0 Å². The number of rotatable bonds is 2. The second-order valence-corrected chi connectivity index (χ2v) is 3.09. The summed E-state index contributed by atoms with van der Waals surface area (Å²) in [5.41, 5.74) is 0. The third-order valence-electron chi connectivity index (χ3n) is 1.21. The van der Waals surface area contributed by atoms with Crippen LogP contribution in [0.5, 0.6) is 0 Å². The van der Waals surface area contributed by atoms with Crippen LogP contribution in [0.2, 0.25) is 10.0 Å². The molecule has 13 heavy (non-hydrogen) atoms. The van der Waals surface area contributed by atoms with E-state index in [1.54, 1.807) is 24.3 Å². The smallest absolute Gasteiger partial charge is 0.0437 e. The molecule has 3 heteroatoms. The summed E-state index contributed by atoms with van der Waals surface area (Å²) < 4.78 is 4.83. The van der Waals surface area contributed by atoms with Crippen LogP contribution in [0, 0.1) is 0 Å².